The zero-order valence-electron chi connectivity index (χ0n) is 10.9. The molecule has 0 spiro atoms. The Labute approximate surface area is 107 Å². The molecule has 18 heavy (non-hydrogen) atoms. The minimum Gasteiger partial charge on any atom is -0.371 e. The summed E-state index contributed by atoms with van der Waals surface area (Å²) in [7, 11) is 1.57. The lowest BCUT2D eigenvalue weighted by atomic mass is 9.86. The van der Waals surface area contributed by atoms with E-state index in [9.17, 15) is 14.7 Å². The summed E-state index contributed by atoms with van der Waals surface area (Å²) in [6.07, 6.45) is 3.30. The highest BCUT2D eigenvalue weighted by atomic mass is 16.3. The number of urea groups is 2. The van der Waals surface area contributed by atoms with E-state index in [4.69, 9.17) is 0 Å². The quantitative estimate of drug-likeness (QED) is 0.733. The molecule has 3 unspecified atom stereocenters. The van der Waals surface area contributed by atoms with E-state index in [0.717, 1.165) is 24.2 Å². The molecule has 3 atom stereocenters. The number of aliphatic hydroxyl groups is 1. The van der Waals surface area contributed by atoms with Crippen LogP contribution in [-0.4, -0.2) is 52.8 Å². The molecule has 0 radical (unpaired) electrons. The van der Waals surface area contributed by atoms with E-state index in [1.807, 2.05) is 0 Å². The minimum atomic E-state index is -1.04. The summed E-state index contributed by atoms with van der Waals surface area (Å²) in [6, 6.07) is -0.809. The fraction of sp³-hybridized carbons (Fsp3) is 0.833. The van der Waals surface area contributed by atoms with Crippen LogP contribution in [0.5, 0.6) is 0 Å². The highest BCUT2D eigenvalue weighted by molar-refractivity contribution is 5.95. The molecule has 0 bridgehead atoms. The SMILES string of the molecule is CC1CCCCC1NC(=O)N1C(=O)N(C)CC1O. The van der Waals surface area contributed by atoms with Gasteiger partial charge in [0.2, 0.25) is 0 Å². The summed E-state index contributed by atoms with van der Waals surface area (Å²) in [4.78, 5) is 26.0. The lowest BCUT2D eigenvalue weighted by Gasteiger charge is -2.31. The third kappa shape index (κ3) is 2.43. The predicted molar refractivity (Wildman–Crippen MR) is 65.8 cm³/mol. The van der Waals surface area contributed by atoms with Crippen LogP contribution in [0.1, 0.15) is 32.6 Å². The summed E-state index contributed by atoms with van der Waals surface area (Å²) in [5.41, 5.74) is 0. The van der Waals surface area contributed by atoms with E-state index in [0.29, 0.717) is 5.92 Å². The topological polar surface area (TPSA) is 72.9 Å². The first-order chi connectivity index (χ1) is 8.50. The monoisotopic (exact) mass is 255 g/mol. The molecule has 1 aliphatic carbocycles. The molecule has 2 rings (SSSR count). The molecular formula is C12H21N3O3. The number of hydrogen-bond acceptors (Lipinski definition) is 3. The van der Waals surface area contributed by atoms with Crippen molar-refractivity contribution in [3.05, 3.63) is 0 Å². The van der Waals surface area contributed by atoms with Crippen molar-refractivity contribution < 1.29 is 14.7 Å². The molecule has 1 saturated carbocycles. The number of amides is 4. The Morgan fingerprint density at radius 3 is 2.61 bits per heavy atom. The molecule has 6 heteroatoms. The first kappa shape index (κ1) is 13.1. The molecule has 1 saturated heterocycles. The van der Waals surface area contributed by atoms with Crippen LogP contribution in [0.15, 0.2) is 0 Å². The number of carbonyl (C=O) groups is 2. The van der Waals surface area contributed by atoms with Gasteiger partial charge in [0.05, 0.1) is 6.54 Å². The Balaban J connectivity index is 1.97. The molecule has 102 valence electrons. The molecule has 2 N–H and O–H groups in total. The molecule has 0 aromatic carbocycles. The third-order valence-corrected chi connectivity index (χ3v) is 3.91. The number of imide groups is 1. The van der Waals surface area contributed by atoms with Gasteiger partial charge in [0.15, 0.2) is 6.23 Å². The number of nitrogens with zero attached hydrogens (tertiary/aromatic N) is 2. The smallest absolute Gasteiger partial charge is 0.330 e. The normalized spacial score (nSPS) is 32.8. The van der Waals surface area contributed by atoms with Crippen LogP contribution < -0.4 is 5.32 Å². The van der Waals surface area contributed by atoms with Crippen LogP contribution in [0.2, 0.25) is 0 Å². The van der Waals surface area contributed by atoms with Crippen molar-refractivity contribution in [2.75, 3.05) is 13.6 Å². The van der Waals surface area contributed by atoms with Gasteiger partial charge in [-0.25, -0.2) is 14.5 Å². The number of carbonyl (C=O) groups excluding carboxylic acids is 2. The number of aliphatic hydroxyl groups excluding tert-OH is 1. The molecular weight excluding hydrogens is 234 g/mol. The van der Waals surface area contributed by atoms with Crippen LogP contribution >= 0.6 is 0 Å². The maximum Gasteiger partial charge on any atom is 0.330 e. The third-order valence-electron chi connectivity index (χ3n) is 3.91. The van der Waals surface area contributed by atoms with Crippen molar-refractivity contribution in [1.82, 2.24) is 15.1 Å². The van der Waals surface area contributed by atoms with Crippen molar-refractivity contribution in [2.24, 2.45) is 5.92 Å². The first-order valence-electron chi connectivity index (χ1n) is 6.53. The van der Waals surface area contributed by atoms with E-state index < -0.39 is 18.3 Å². The van der Waals surface area contributed by atoms with Gasteiger partial charge in [-0.05, 0) is 18.8 Å². The fourth-order valence-electron chi connectivity index (χ4n) is 2.70. The number of hydrogen-bond donors (Lipinski definition) is 2. The van der Waals surface area contributed by atoms with Gasteiger partial charge in [0.25, 0.3) is 0 Å². The number of likely N-dealkylation sites (N-methyl/N-ethyl adjacent to an activating group) is 1. The Hall–Kier alpha value is -1.30. The summed E-state index contributed by atoms with van der Waals surface area (Å²) >= 11 is 0. The summed E-state index contributed by atoms with van der Waals surface area (Å²) < 4.78 is 0. The lowest BCUT2D eigenvalue weighted by Crippen LogP contribution is -2.51. The second-order valence-corrected chi connectivity index (χ2v) is 5.33. The van der Waals surface area contributed by atoms with Gasteiger partial charge < -0.3 is 15.3 Å². The lowest BCUT2D eigenvalue weighted by molar-refractivity contribution is 0.0781. The predicted octanol–water partition coefficient (Wildman–Crippen LogP) is 0.960. The molecule has 0 aromatic rings. The van der Waals surface area contributed by atoms with Gasteiger partial charge in [-0.2, -0.15) is 0 Å². The first-order valence-corrected chi connectivity index (χ1v) is 6.53. The fourth-order valence-corrected chi connectivity index (χ4v) is 2.70. The van der Waals surface area contributed by atoms with E-state index in [-0.39, 0.29) is 12.6 Å². The molecule has 1 heterocycles. The van der Waals surface area contributed by atoms with Gasteiger partial charge >= 0.3 is 12.1 Å². The number of nitrogens with one attached hydrogen (secondary N) is 1. The van der Waals surface area contributed by atoms with E-state index in [1.165, 1.54) is 11.3 Å². The number of β-amino-alcohol motifs (C(OH)–C–C–N with tert-alkyl or cyclic N) is 1. The van der Waals surface area contributed by atoms with Gasteiger partial charge in [0.1, 0.15) is 0 Å². The number of rotatable bonds is 1. The van der Waals surface area contributed by atoms with Crippen molar-refractivity contribution in [1.29, 1.82) is 0 Å². The van der Waals surface area contributed by atoms with Gasteiger partial charge in [-0.1, -0.05) is 19.8 Å². The Kier molecular flexibility index (Phi) is 3.75. The average molecular weight is 255 g/mol. The minimum absolute atomic E-state index is 0.108. The van der Waals surface area contributed by atoms with Crippen molar-refractivity contribution in [3.8, 4) is 0 Å². The van der Waals surface area contributed by atoms with E-state index in [1.54, 1.807) is 7.05 Å². The molecule has 4 amide bonds. The van der Waals surface area contributed by atoms with Crippen LogP contribution in [0, 0.1) is 5.92 Å². The van der Waals surface area contributed by atoms with E-state index >= 15 is 0 Å². The van der Waals surface area contributed by atoms with Crippen molar-refractivity contribution in [2.45, 2.75) is 44.9 Å². The van der Waals surface area contributed by atoms with Gasteiger partial charge in [0, 0.05) is 13.1 Å². The second-order valence-electron chi connectivity index (χ2n) is 5.33. The molecule has 0 aromatic heterocycles. The van der Waals surface area contributed by atoms with Crippen LogP contribution in [0.25, 0.3) is 0 Å². The van der Waals surface area contributed by atoms with Crippen molar-refractivity contribution >= 4 is 12.1 Å². The largest absolute Gasteiger partial charge is 0.371 e. The van der Waals surface area contributed by atoms with Crippen molar-refractivity contribution in [3.63, 3.8) is 0 Å². The van der Waals surface area contributed by atoms with Gasteiger partial charge in [-0.3, -0.25) is 0 Å². The average Bonchev–Trinajstić information content (AvgIpc) is 2.56. The Morgan fingerprint density at radius 2 is 2.06 bits per heavy atom. The highest BCUT2D eigenvalue weighted by Crippen LogP contribution is 2.24. The Morgan fingerprint density at radius 1 is 1.39 bits per heavy atom. The summed E-state index contributed by atoms with van der Waals surface area (Å²) in [6.45, 7) is 2.28. The summed E-state index contributed by atoms with van der Waals surface area (Å²) in [5, 5.41) is 12.6. The molecule has 6 nitrogen and oxygen atoms in total. The maximum atomic E-state index is 12.0. The highest BCUT2D eigenvalue weighted by Gasteiger charge is 2.39. The van der Waals surface area contributed by atoms with Crippen LogP contribution in [0.4, 0.5) is 9.59 Å². The zero-order valence-corrected chi connectivity index (χ0v) is 10.9. The molecule has 2 fully saturated rings. The van der Waals surface area contributed by atoms with E-state index in [2.05, 4.69) is 12.2 Å². The van der Waals surface area contributed by atoms with Crippen LogP contribution in [-0.2, 0) is 0 Å². The van der Waals surface area contributed by atoms with Crippen LogP contribution in [0.3, 0.4) is 0 Å². The van der Waals surface area contributed by atoms with Gasteiger partial charge in [-0.15, -0.1) is 0 Å². The Bertz CT molecular complexity index is 347. The molecule has 2 aliphatic rings. The molecule has 1 aliphatic heterocycles. The maximum absolute atomic E-state index is 12.0. The zero-order chi connectivity index (χ0) is 13.3. The second kappa shape index (κ2) is 5.14. The standard InChI is InChI=1S/C12H21N3O3/c1-8-5-3-4-6-9(8)13-11(17)15-10(16)7-14(2)12(15)18/h8-10,16H,3-7H2,1-2H3,(H,13,17). The summed E-state index contributed by atoms with van der Waals surface area (Å²) in [5.74, 6) is 0.426.